The molecule has 0 aromatic heterocycles. The molecule has 8 heteroatoms. The van der Waals surface area contributed by atoms with Crippen LogP contribution in [-0.2, 0) is 16.1 Å². The van der Waals surface area contributed by atoms with Gasteiger partial charge in [-0.25, -0.2) is 0 Å². The van der Waals surface area contributed by atoms with Crippen LogP contribution in [0, 0.1) is 0 Å². The molecule has 1 aromatic carbocycles. The minimum Gasteiger partial charge on any atom is -0.540 e. The molecule has 0 bridgehead atoms. The van der Waals surface area contributed by atoms with Gasteiger partial charge in [-0.1, -0.05) is 6.07 Å². The number of hydrogen-bond acceptors (Lipinski definition) is 6. The van der Waals surface area contributed by atoms with E-state index in [1.807, 2.05) is 18.2 Å². The molecule has 0 radical (unpaired) electrons. The van der Waals surface area contributed by atoms with Crippen molar-refractivity contribution in [1.29, 1.82) is 0 Å². The number of nitrogens with zero attached hydrogens (tertiary/aromatic N) is 2. The van der Waals surface area contributed by atoms with Gasteiger partial charge in [0.15, 0.2) is 11.5 Å². The fourth-order valence-corrected chi connectivity index (χ4v) is 2.54. The summed E-state index contributed by atoms with van der Waals surface area (Å²) in [6.45, 7) is 3.04. The van der Waals surface area contributed by atoms with Gasteiger partial charge in [0.25, 0.3) is 5.91 Å². The van der Waals surface area contributed by atoms with Crippen LogP contribution >= 0.6 is 0 Å². The van der Waals surface area contributed by atoms with E-state index >= 15 is 0 Å². The van der Waals surface area contributed by atoms with Crippen LogP contribution in [0.5, 0.6) is 11.5 Å². The Bertz CT molecular complexity index is 572. The molecule has 112 valence electrons. The number of amides is 1. The van der Waals surface area contributed by atoms with Crippen LogP contribution in [0.1, 0.15) is 5.56 Å². The molecule has 0 unspecified atom stereocenters. The maximum Gasteiger partial charge on any atom is 1.00 e. The van der Waals surface area contributed by atoms with Crippen molar-refractivity contribution >= 4 is 11.9 Å². The van der Waals surface area contributed by atoms with Crippen LogP contribution < -0.4 is 44.1 Å². The van der Waals surface area contributed by atoms with Gasteiger partial charge in [0.05, 0.1) is 0 Å². The maximum absolute atomic E-state index is 11.3. The summed E-state index contributed by atoms with van der Waals surface area (Å²) in [7, 11) is 0. The molecule has 1 aromatic rings. The number of hydrogen-bond donors (Lipinski definition) is 0. The van der Waals surface area contributed by atoms with Gasteiger partial charge in [0.2, 0.25) is 6.79 Å². The second-order valence-electron chi connectivity index (χ2n) is 5.04. The topological polar surface area (TPSA) is 82.1 Å². The van der Waals surface area contributed by atoms with E-state index in [0.29, 0.717) is 26.2 Å². The molecule has 2 aliphatic heterocycles. The minimum atomic E-state index is -1.64. The molecule has 1 amide bonds. The van der Waals surface area contributed by atoms with Gasteiger partial charge in [-0.3, -0.25) is 9.69 Å². The van der Waals surface area contributed by atoms with Crippen LogP contribution in [0.25, 0.3) is 0 Å². The van der Waals surface area contributed by atoms with Crippen molar-refractivity contribution in [1.82, 2.24) is 9.80 Å². The first-order valence-corrected chi connectivity index (χ1v) is 6.74. The quantitative estimate of drug-likeness (QED) is 0.407. The Labute approximate surface area is 150 Å². The Morgan fingerprint density at radius 2 is 1.77 bits per heavy atom. The van der Waals surface area contributed by atoms with Gasteiger partial charge in [-0.05, 0) is 17.7 Å². The minimum absolute atomic E-state index is 0. The summed E-state index contributed by atoms with van der Waals surface area (Å²) in [5.41, 5.74) is 1.10. The van der Waals surface area contributed by atoms with Crippen molar-refractivity contribution in [2.75, 3.05) is 33.0 Å². The third-order valence-electron chi connectivity index (χ3n) is 3.68. The summed E-state index contributed by atoms with van der Waals surface area (Å²) in [5, 5.41) is 10.5. The first-order valence-electron chi connectivity index (χ1n) is 6.74. The molecule has 3 rings (SSSR count). The maximum atomic E-state index is 11.3. The number of piperazine rings is 1. The SMILES string of the molecule is O=C([O-])C(=O)N1CCN(Cc2ccc3c(c2)OCO3)CC1.[Na+]. The Kier molecular flexibility index (Phi) is 5.69. The summed E-state index contributed by atoms with van der Waals surface area (Å²) >= 11 is 0. The number of fused-ring (bicyclic) bond motifs is 1. The van der Waals surface area contributed by atoms with Gasteiger partial charge in [0.1, 0.15) is 5.97 Å². The second-order valence-corrected chi connectivity index (χ2v) is 5.04. The summed E-state index contributed by atoms with van der Waals surface area (Å²) in [6, 6.07) is 5.81. The number of carboxylic acids is 1. The molecule has 22 heavy (non-hydrogen) atoms. The third-order valence-corrected chi connectivity index (χ3v) is 3.68. The van der Waals surface area contributed by atoms with Crippen molar-refractivity contribution in [2.45, 2.75) is 6.54 Å². The summed E-state index contributed by atoms with van der Waals surface area (Å²) < 4.78 is 10.6. The Morgan fingerprint density at radius 1 is 1.09 bits per heavy atom. The molecule has 0 aliphatic carbocycles. The molecular weight excluding hydrogens is 299 g/mol. The van der Waals surface area contributed by atoms with Gasteiger partial charge in [-0.15, -0.1) is 0 Å². The van der Waals surface area contributed by atoms with E-state index in [0.717, 1.165) is 23.6 Å². The van der Waals surface area contributed by atoms with E-state index in [9.17, 15) is 14.7 Å². The van der Waals surface area contributed by atoms with E-state index in [4.69, 9.17) is 9.47 Å². The fraction of sp³-hybridized carbons (Fsp3) is 0.429. The standard InChI is InChI=1S/C14H16N2O5.Na/c17-13(14(18)19)16-5-3-15(4-6-16)8-10-1-2-11-12(7-10)21-9-20-11;/h1-2,7H,3-6,8-9H2,(H,18,19);/q;+1/p-1. The molecule has 0 saturated carbocycles. The molecule has 7 nitrogen and oxygen atoms in total. The number of aliphatic carboxylic acids is 1. The number of benzene rings is 1. The van der Waals surface area contributed by atoms with Crippen molar-refractivity contribution in [2.24, 2.45) is 0 Å². The largest absolute Gasteiger partial charge is 1.00 e. The molecular formula is C14H15N2NaO5. The van der Waals surface area contributed by atoms with Crippen molar-refractivity contribution < 1.29 is 53.7 Å². The molecule has 1 saturated heterocycles. The van der Waals surface area contributed by atoms with E-state index in [1.165, 1.54) is 4.90 Å². The van der Waals surface area contributed by atoms with E-state index in [2.05, 4.69) is 4.90 Å². The van der Waals surface area contributed by atoms with Crippen LogP contribution in [0.3, 0.4) is 0 Å². The van der Waals surface area contributed by atoms with Gasteiger partial charge in [-0.2, -0.15) is 0 Å². The second kappa shape index (κ2) is 7.32. The van der Waals surface area contributed by atoms with Crippen LogP contribution in [-0.4, -0.2) is 54.6 Å². The molecule has 0 spiro atoms. The van der Waals surface area contributed by atoms with Crippen LogP contribution in [0.2, 0.25) is 0 Å². The van der Waals surface area contributed by atoms with Gasteiger partial charge < -0.3 is 24.3 Å². The zero-order valence-electron chi connectivity index (χ0n) is 12.4. The van der Waals surface area contributed by atoms with Gasteiger partial charge >= 0.3 is 29.6 Å². The number of carboxylic acid groups (broad SMARTS) is 1. The molecule has 2 aliphatic rings. The average molecular weight is 314 g/mol. The summed E-state index contributed by atoms with van der Waals surface area (Å²) in [5.74, 6) is -1.07. The van der Waals surface area contributed by atoms with Crippen LogP contribution in [0.15, 0.2) is 18.2 Å². The molecule has 0 atom stereocenters. The predicted octanol–water partition coefficient (Wildman–Crippen LogP) is -4.19. The Balaban J connectivity index is 0.00000176. The van der Waals surface area contributed by atoms with E-state index in [1.54, 1.807) is 0 Å². The smallest absolute Gasteiger partial charge is 0.540 e. The van der Waals surface area contributed by atoms with E-state index in [-0.39, 0.29) is 36.4 Å². The molecule has 1 fully saturated rings. The third kappa shape index (κ3) is 3.73. The van der Waals surface area contributed by atoms with Crippen molar-refractivity contribution in [3.8, 4) is 11.5 Å². The predicted molar refractivity (Wildman–Crippen MR) is 69.4 cm³/mol. The number of carbonyl (C=O) groups is 2. The number of rotatable bonds is 2. The molecule has 2 heterocycles. The van der Waals surface area contributed by atoms with Crippen molar-refractivity contribution in [3.63, 3.8) is 0 Å². The summed E-state index contributed by atoms with van der Waals surface area (Å²) in [6.07, 6.45) is 0. The average Bonchev–Trinajstić information content (AvgIpc) is 2.95. The zero-order valence-corrected chi connectivity index (χ0v) is 14.4. The fourth-order valence-electron chi connectivity index (χ4n) is 2.54. The normalized spacial score (nSPS) is 17.0. The summed E-state index contributed by atoms with van der Waals surface area (Å²) in [4.78, 5) is 25.3. The van der Waals surface area contributed by atoms with Crippen LogP contribution in [0.4, 0.5) is 0 Å². The van der Waals surface area contributed by atoms with E-state index < -0.39 is 11.9 Å². The molecule has 0 N–H and O–H groups in total. The van der Waals surface area contributed by atoms with Crippen molar-refractivity contribution in [3.05, 3.63) is 23.8 Å². The Morgan fingerprint density at radius 3 is 2.45 bits per heavy atom. The first kappa shape index (κ1) is 17.1. The zero-order chi connectivity index (χ0) is 14.8. The van der Waals surface area contributed by atoms with Gasteiger partial charge in [0, 0.05) is 32.7 Å². The number of carbonyl (C=O) groups excluding carboxylic acids is 2. The first-order chi connectivity index (χ1) is 10.1. The monoisotopic (exact) mass is 314 g/mol. The Hall–Kier alpha value is -1.28. The number of ether oxygens (including phenoxy) is 2.